The maximum absolute atomic E-state index is 9.01. The Bertz CT molecular complexity index is 206. The molecule has 1 nitrogen and oxygen atoms in total. The second kappa shape index (κ2) is 2.82. The van der Waals surface area contributed by atoms with Crippen LogP contribution >= 0.6 is 46.4 Å². The number of hydrogen-bond acceptors (Lipinski definition) is 1. The Kier molecular flexibility index (Phi) is 2.41. The van der Waals surface area contributed by atoms with Gasteiger partial charge in [-0.15, -0.1) is 11.6 Å². The zero-order valence-electron chi connectivity index (χ0n) is 4.54. The predicted molar refractivity (Wildman–Crippen MR) is 43.9 cm³/mol. The molecule has 10 heavy (non-hydrogen) atoms. The van der Waals surface area contributed by atoms with Crippen molar-refractivity contribution in [3.8, 4) is 0 Å². The number of aliphatic hydroxyl groups is 1. The minimum absolute atomic E-state index is 0.0340. The fraction of sp³-hybridized carbons (Fsp3) is 0.200. The van der Waals surface area contributed by atoms with Gasteiger partial charge in [-0.1, -0.05) is 34.8 Å². The summed E-state index contributed by atoms with van der Waals surface area (Å²) in [4.78, 5) is 0. The molecule has 5 heteroatoms. The Labute approximate surface area is 77.8 Å². The zero-order chi connectivity index (χ0) is 7.89. The summed E-state index contributed by atoms with van der Waals surface area (Å²) in [5, 5.41) is 8.57. The highest BCUT2D eigenvalue weighted by Crippen LogP contribution is 2.40. The van der Waals surface area contributed by atoms with Crippen LogP contribution in [0.5, 0.6) is 0 Å². The van der Waals surface area contributed by atoms with E-state index in [1.807, 2.05) is 0 Å². The maximum Gasteiger partial charge on any atom is 0.136 e. The van der Waals surface area contributed by atoms with Gasteiger partial charge in [-0.2, -0.15) is 0 Å². The van der Waals surface area contributed by atoms with Crippen LogP contribution in [-0.2, 0) is 0 Å². The van der Waals surface area contributed by atoms with E-state index < -0.39 is 5.38 Å². The van der Waals surface area contributed by atoms with Crippen molar-refractivity contribution in [2.45, 2.75) is 5.38 Å². The standard InChI is InChI=1S/C5H2Cl4O/c6-1-2(7)4(9)5(10)3(1)8/h3,10H. The minimum atomic E-state index is -0.776. The number of aliphatic hydroxyl groups excluding tert-OH is 1. The summed E-state index contributed by atoms with van der Waals surface area (Å²) in [5.41, 5.74) is 0. The van der Waals surface area contributed by atoms with Crippen LogP contribution in [0.2, 0.25) is 0 Å². The van der Waals surface area contributed by atoms with E-state index in [2.05, 4.69) is 0 Å². The SMILES string of the molecule is OC1=C(Cl)C(Cl)=C(Cl)C1Cl. The van der Waals surface area contributed by atoms with Crippen LogP contribution in [0.15, 0.2) is 20.9 Å². The fourth-order valence-electron chi connectivity index (χ4n) is 0.560. The summed E-state index contributed by atoms with van der Waals surface area (Å²) in [7, 11) is 0. The molecule has 0 bridgehead atoms. The van der Waals surface area contributed by atoms with Gasteiger partial charge in [-0.05, 0) is 0 Å². The van der Waals surface area contributed by atoms with E-state index in [-0.39, 0.29) is 20.9 Å². The summed E-state index contributed by atoms with van der Waals surface area (Å²) in [6.45, 7) is 0. The Morgan fingerprint density at radius 3 is 1.70 bits per heavy atom. The van der Waals surface area contributed by atoms with Gasteiger partial charge in [0.25, 0.3) is 0 Å². The van der Waals surface area contributed by atoms with Crippen molar-refractivity contribution in [3.63, 3.8) is 0 Å². The molecule has 0 amide bonds. The quantitative estimate of drug-likeness (QED) is 0.620. The van der Waals surface area contributed by atoms with Gasteiger partial charge in [0, 0.05) is 0 Å². The number of hydrogen-bond donors (Lipinski definition) is 1. The Morgan fingerprint density at radius 2 is 1.60 bits per heavy atom. The van der Waals surface area contributed by atoms with Gasteiger partial charge in [0.1, 0.15) is 11.1 Å². The Balaban J connectivity index is 3.09. The molecular formula is C5H2Cl4O. The minimum Gasteiger partial charge on any atom is -0.509 e. The van der Waals surface area contributed by atoms with Crippen LogP contribution in [-0.4, -0.2) is 10.5 Å². The van der Waals surface area contributed by atoms with Crippen molar-refractivity contribution in [1.82, 2.24) is 0 Å². The highest BCUT2D eigenvalue weighted by Gasteiger charge is 2.29. The van der Waals surface area contributed by atoms with Crippen LogP contribution in [0.4, 0.5) is 0 Å². The van der Waals surface area contributed by atoms with Crippen LogP contribution in [0.1, 0.15) is 0 Å². The number of halogens is 4. The Morgan fingerprint density at radius 1 is 1.10 bits per heavy atom. The lowest BCUT2D eigenvalue weighted by atomic mass is 10.4. The van der Waals surface area contributed by atoms with Gasteiger partial charge >= 0.3 is 0 Å². The van der Waals surface area contributed by atoms with Crippen LogP contribution < -0.4 is 0 Å². The molecule has 0 heterocycles. The van der Waals surface area contributed by atoms with E-state index in [9.17, 15) is 0 Å². The van der Waals surface area contributed by atoms with E-state index >= 15 is 0 Å². The lowest BCUT2D eigenvalue weighted by Gasteiger charge is -1.98. The summed E-state index contributed by atoms with van der Waals surface area (Å²) in [6.07, 6.45) is 0. The van der Waals surface area contributed by atoms with E-state index in [4.69, 9.17) is 51.5 Å². The third-order valence-corrected chi connectivity index (χ3v) is 3.00. The van der Waals surface area contributed by atoms with Gasteiger partial charge in [-0.3, -0.25) is 0 Å². The molecule has 0 spiro atoms. The van der Waals surface area contributed by atoms with Gasteiger partial charge in [0.05, 0.1) is 15.1 Å². The molecule has 0 radical (unpaired) electrons. The first kappa shape index (κ1) is 8.54. The predicted octanol–water partition coefficient (Wildman–Crippen LogP) is 3.31. The second-order valence-corrected chi connectivity index (χ2v) is 3.32. The fourth-order valence-corrected chi connectivity index (χ4v) is 1.55. The first-order chi connectivity index (χ1) is 4.55. The van der Waals surface area contributed by atoms with Gasteiger partial charge in [-0.25, -0.2) is 0 Å². The molecule has 1 aliphatic carbocycles. The second-order valence-electron chi connectivity index (χ2n) is 1.72. The normalized spacial score (nSPS) is 26.6. The lowest BCUT2D eigenvalue weighted by Crippen LogP contribution is -1.97. The molecular weight excluding hydrogens is 218 g/mol. The summed E-state index contributed by atoms with van der Waals surface area (Å²) in [6, 6.07) is 0. The molecule has 0 saturated heterocycles. The molecule has 0 aliphatic heterocycles. The molecule has 1 unspecified atom stereocenters. The van der Waals surface area contributed by atoms with Crippen LogP contribution in [0.25, 0.3) is 0 Å². The molecule has 0 aromatic rings. The smallest absolute Gasteiger partial charge is 0.136 e. The van der Waals surface area contributed by atoms with E-state index in [1.54, 1.807) is 0 Å². The molecule has 0 saturated carbocycles. The molecule has 0 aromatic carbocycles. The average molecular weight is 220 g/mol. The average Bonchev–Trinajstić information content (AvgIpc) is 2.07. The molecule has 1 N–H and O–H groups in total. The van der Waals surface area contributed by atoms with Crippen molar-refractivity contribution in [1.29, 1.82) is 0 Å². The number of alkyl halides is 1. The largest absolute Gasteiger partial charge is 0.509 e. The first-order valence-electron chi connectivity index (χ1n) is 2.34. The van der Waals surface area contributed by atoms with Crippen molar-refractivity contribution < 1.29 is 5.11 Å². The summed E-state index contributed by atoms with van der Waals surface area (Å²) >= 11 is 22.1. The van der Waals surface area contributed by atoms with Crippen molar-refractivity contribution in [2.75, 3.05) is 0 Å². The van der Waals surface area contributed by atoms with Crippen molar-refractivity contribution in [3.05, 3.63) is 20.9 Å². The lowest BCUT2D eigenvalue weighted by molar-refractivity contribution is 0.404. The summed E-state index contributed by atoms with van der Waals surface area (Å²) < 4.78 is 0. The third kappa shape index (κ3) is 1.12. The molecule has 1 rings (SSSR count). The molecule has 56 valence electrons. The van der Waals surface area contributed by atoms with E-state index in [0.717, 1.165) is 0 Å². The molecule has 0 fully saturated rings. The number of rotatable bonds is 0. The first-order valence-corrected chi connectivity index (χ1v) is 3.91. The third-order valence-electron chi connectivity index (χ3n) is 1.09. The van der Waals surface area contributed by atoms with Crippen LogP contribution in [0.3, 0.4) is 0 Å². The summed E-state index contributed by atoms with van der Waals surface area (Å²) in [5.74, 6) is -0.182. The van der Waals surface area contributed by atoms with Crippen molar-refractivity contribution >= 4 is 46.4 Å². The van der Waals surface area contributed by atoms with Crippen LogP contribution in [0, 0.1) is 0 Å². The van der Waals surface area contributed by atoms with Gasteiger partial charge < -0.3 is 5.11 Å². The molecule has 1 aliphatic rings. The maximum atomic E-state index is 9.01. The Hall–Kier alpha value is 0.440. The topological polar surface area (TPSA) is 20.2 Å². The van der Waals surface area contributed by atoms with Crippen molar-refractivity contribution in [2.24, 2.45) is 0 Å². The monoisotopic (exact) mass is 218 g/mol. The van der Waals surface area contributed by atoms with Gasteiger partial charge in [0.15, 0.2) is 0 Å². The molecule has 0 aromatic heterocycles. The van der Waals surface area contributed by atoms with E-state index in [1.165, 1.54) is 0 Å². The highest BCUT2D eigenvalue weighted by molar-refractivity contribution is 6.52. The van der Waals surface area contributed by atoms with E-state index in [0.29, 0.717) is 0 Å². The zero-order valence-corrected chi connectivity index (χ0v) is 7.56. The number of allylic oxidation sites excluding steroid dienone is 3. The molecule has 1 atom stereocenters. The van der Waals surface area contributed by atoms with Gasteiger partial charge in [0.2, 0.25) is 0 Å². The highest BCUT2D eigenvalue weighted by atomic mass is 35.5.